The molecule has 0 aliphatic carbocycles. The van der Waals surface area contributed by atoms with Gasteiger partial charge in [0, 0.05) is 0 Å². The van der Waals surface area contributed by atoms with Crippen molar-refractivity contribution in [2.75, 3.05) is 0 Å². The fourth-order valence-corrected chi connectivity index (χ4v) is 2.37. The van der Waals surface area contributed by atoms with Crippen LogP contribution in [-0.4, -0.2) is 21.2 Å². The van der Waals surface area contributed by atoms with Gasteiger partial charge in [-0.2, -0.15) is 10.2 Å². The third-order valence-corrected chi connectivity index (χ3v) is 3.77. The van der Waals surface area contributed by atoms with E-state index in [4.69, 9.17) is 0 Å². The summed E-state index contributed by atoms with van der Waals surface area (Å²) >= 11 is 0. The SMILES string of the molecule is CC(C)c1cc2cccc(C3=NNC(=O)C3(C)C)n2n1. The molecule has 1 aliphatic rings. The van der Waals surface area contributed by atoms with Crippen LogP contribution in [0.2, 0.25) is 0 Å². The van der Waals surface area contributed by atoms with Crippen LogP contribution < -0.4 is 5.43 Å². The molecule has 20 heavy (non-hydrogen) atoms. The third kappa shape index (κ3) is 1.73. The lowest BCUT2D eigenvalue weighted by Crippen LogP contribution is -2.33. The summed E-state index contributed by atoms with van der Waals surface area (Å²) < 4.78 is 1.87. The first kappa shape index (κ1) is 12.8. The fraction of sp³-hybridized carbons (Fsp3) is 0.400. The molecule has 0 aromatic carbocycles. The van der Waals surface area contributed by atoms with Crippen LogP contribution in [0.3, 0.4) is 0 Å². The van der Waals surface area contributed by atoms with Gasteiger partial charge in [-0.3, -0.25) is 4.79 Å². The summed E-state index contributed by atoms with van der Waals surface area (Å²) in [5.74, 6) is 0.279. The minimum atomic E-state index is -0.641. The van der Waals surface area contributed by atoms with Crippen molar-refractivity contribution in [1.82, 2.24) is 15.0 Å². The molecule has 5 heteroatoms. The van der Waals surface area contributed by atoms with E-state index in [1.165, 1.54) is 0 Å². The number of hydrogen-bond acceptors (Lipinski definition) is 3. The van der Waals surface area contributed by atoms with Crippen molar-refractivity contribution in [2.45, 2.75) is 33.6 Å². The molecular formula is C15H18N4O. The van der Waals surface area contributed by atoms with E-state index in [1.807, 2.05) is 36.6 Å². The number of amides is 1. The summed E-state index contributed by atoms with van der Waals surface area (Å²) in [5.41, 5.74) is 5.56. The van der Waals surface area contributed by atoms with Gasteiger partial charge >= 0.3 is 0 Å². The Labute approximate surface area is 117 Å². The number of carbonyl (C=O) groups is 1. The highest BCUT2D eigenvalue weighted by Gasteiger charge is 2.40. The van der Waals surface area contributed by atoms with E-state index in [0.717, 1.165) is 22.6 Å². The Balaban J connectivity index is 2.20. The molecular weight excluding hydrogens is 252 g/mol. The second-order valence-corrected chi connectivity index (χ2v) is 6.00. The average Bonchev–Trinajstić information content (AvgIpc) is 2.92. The van der Waals surface area contributed by atoms with Crippen molar-refractivity contribution in [3.8, 4) is 0 Å². The lowest BCUT2D eigenvalue weighted by molar-refractivity contribution is -0.125. The molecule has 0 saturated carbocycles. The van der Waals surface area contributed by atoms with Gasteiger partial charge in [0.2, 0.25) is 0 Å². The van der Waals surface area contributed by atoms with Crippen molar-refractivity contribution in [2.24, 2.45) is 10.5 Å². The maximum atomic E-state index is 11.9. The molecule has 0 spiro atoms. The lowest BCUT2D eigenvalue weighted by atomic mass is 9.85. The van der Waals surface area contributed by atoms with Gasteiger partial charge in [-0.15, -0.1) is 0 Å². The van der Waals surface area contributed by atoms with Gasteiger partial charge in [-0.1, -0.05) is 19.9 Å². The van der Waals surface area contributed by atoms with Gasteiger partial charge in [0.05, 0.1) is 22.3 Å². The van der Waals surface area contributed by atoms with Gasteiger partial charge in [0.15, 0.2) is 0 Å². The van der Waals surface area contributed by atoms with E-state index < -0.39 is 5.41 Å². The maximum absolute atomic E-state index is 11.9. The van der Waals surface area contributed by atoms with Gasteiger partial charge in [-0.25, -0.2) is 9.94 Å². The van der Waals surface area contributed by atoms with Crippen LogP contribution in [-0.2, 0) is 4.79 Å². The zero-order valence-corrected chi connectivity index (χ0v) is 12.1. The van der Waals surface area contributed by atoms with Gasteiger partial charge in [0.25, 0.3) is 5.91 Å². The van der Waals surface area contributed by atoms with Crippen molar-refractivity contribution in [3.63, 3.8) is 0 Å². The topological polar surface area (TPSA) is 58.8 Å². The largest absolute Gasteiger partial charge is 0.272 e. The molecule has 104 valence electrons. The number of pyridine rings is 1. The second kappa shape index (κ2) is 4.16. The van der Waals surface area contributed by atoms with E-state index in [9.17, 15) is 4.79 Å². The van der Waals surface area contributed by atoms with Crippen molar-refractivity contribution in [3.05, 3.63) is 35.7 Å². The molecule has 0 saturated heterocycles. The number of aromatic nitrogens is 2. The van der Waals surface area contributed by atoms with Crippen LogP contribution in [0.4, 0.5) is 0 Å². The molecule has 5 nitrogen and oxygen atoms in total. The molecule has 0 atom stereocenters. The van der Waals surface area contributed by atoms with Crippen LogP contribution in [0.5, 0.6) is 0 Å². The Morgan fingerprint density at radius 3 is 2.65 bits per heavy atom. The summed E-state index contributed by atoms with van der Waals surface area (Å²) in [6.07, 6.45) is 0. The molecule has 0 radical (unpaired) electrons. The Hall–Kier alpha value is -2.17. The van der Waals surface area contributed by atoms with E-state index >= 15 is 0 Å². The molecule has 2 aromatic rings. The number of rotatable bonds is 2. The zero-order valence-electron chi connectivity index (χ0n) is 12.1. The van der Waals surface area contributed by atoms with E-state index in [2.05, 4.69) is 35.5 Å². The Bertz CT molecular complexity index is 725. The minimum Gasteiger partial charge on any atom is -0.272 e. The van der Waals surface area contributed by atoms with Crippen molar-refractivity contribution in [1.29, 1.82) is 0 Å². The monoisotopic (exact) mass is 270 g/mol. The number of hydrazone groups is 1. The predicted octanol–water partition coefficient (Wildman–Crippen LogP) is 2.32. The molecule has 1 aliphatic heterocycles. The highest BCUT2D eigenvalue weighted by Crippen LogP contribution is 2.28. The Kier molecular flexibility index (Phi) is 2.67. The van der Waals surface area contributed by atoms with Gasteiger partial charge in [0.1, 0.15) is 5.71 Å². The first-order chi connectivity index (χ1) is 9.41. The molecule has 3 heterocycles. The Morgan fingerprint density at radius 1 is 1.30 bits per heavy atom. The van der Waals surface area contributed by atoms with Crippen LogP contribution >= 0.6 is 0 Å². The number of nitrogens with one attached hydrogen (secondary N) is 1. The predicted molar refractivity (Wildman–Crippen MR) is 77.7 cm³/mol. The van der Waals surface area contributed by atoms with Gasteiger partial charge in [-0.05, 0) is 38.0 Å². The molecule has 0 unspecified atom stereocenters. The quantitative estimate of drug-likeness (QED) is 0.910. The van der Waals surface area contributed by atoms with Crippen LogP contribution in [0, 0.1) is 5.41 Å². The smallest absolute Gasteiger partial charge is 0.251 e. The minimum absolute atomic E-state index is 0.0826. The number of carbonyl (C=O) groups excluding carboxylic acids is 1. The zero-order chi connectivity index (χ0) is 14.5. The van der Waals surface area contributed by atoms with Crippen LogP contribution in [0.1, 0.15) is 45.0 Å². The highest BCUT2D eigenvalue weighted by molar-refractivity contribution is 6.18. The van der Waals surface area contributed by atoms with E-state index in [1.54, 1.807) is 0 Å². The first-order valence-corrected chi connectivity index (χ1v) is 6.79. The highest BCUT2D eigenvalue weighted by atomic mass is 16.2. The van der Waals surface area contributed by atoms with Crippen molar-refractivity contribution < 1.29 is 4.79 Å². The van der Waals surface area contributed by atoms with Gasteiger partial charge < -0.3 is 0 Å². The molecule has 2 aromatic heterocycles. The Morgan fingerprint density at radius 2 is 2.05 bits per heavy atom. The first-order valence-electron chi connectivity index (χ1n) is 6.79. The number of hydrogen-bond donors (Lipinski definition) is 1. The second-order valence-electron chi connectivity index (χ2n) is 6.00. The van der Waals surface area contributed by atoms with Crippen molar-refractivity contribution >= 4 is 17.1 Å². The number of nitrogens with zero attached hydrogens (tertiary/aromatic N) is 3. The van der Waals surface area contributed by atoms with E-state index in [0.29, 0.717) is 5.92 Å². The lowest BCUT2D eigenvalue weighted by Gasteiger charge is -2.17. The summed E-state index contributed by atoms with van der Waals surface area (Å²) in [6, 6.07) is 8.01. The number of fused-ring (bicyclic) bond motifs is 1. The van der Waals surface area contributed by atoms with Crippen LogP contribution in [0.15, 0.2) is 29.4 Å². The normalized spacial score (nSPS) is 17.6. The summed E-state index contributed by atoms with van der Waals surface area (Å²) in [6.45, 7) is 7.98. The fourth-order valence-electron chi connectivity index (χ4n) is 2.37. The average molecular weight is 270 g/mol. The van der Waals surface area contributed by atoms with E-state index in [-0.39, 0.29) is 5.91 Å². The molecule has 3 rings (SSSR count). The third-order valence-electron chi connectivity index (χ3n) is 3.77. The molecule has 1 N–H and O–H groups in total. The van der Waals surface area contributed by atoms with Crippen LogP contribution in [0.25, 0.3) is 5.52 Å². The molecule has 1 amide bonds. The molecule has 0 bridgehead atoms. The molecule has 0 fully saturated rings. The summed E-state index contributed by atoms with van der Waals surface area (Å²) in [4.78, 5) is 11.9. The standard InChI is InChI=1S/C15H18N4O/c1-9(2)11-8-10-6-5-7-12(19(10)18-11)13-15(3,4)14(20)17-16-13/h5-9H,1-4H3,(H,17,20). The summed E-state index contributed by atoms with van der Waals surface area (Å²) in [7, 11) is 0. The maximum Gasteiger partial charge on any atom is 0.251 e. The summed E-state index contributed by atoms with van der Waals surface area (Å²) in [5, 5.41) is 8.84.